The first-order valence-corrected chi connectivity index (χ1v) is 17.3. The Balaban J connectivity index is 1.46. The molecule has 0 radical (unpaired) electrons. The van der Waals surface area contributed by atoms with E-state index in [1.54, 1.807) is 12.7 Å². The van der Waals surface area contributed by atoms with Crippen molar-refractivity contribution >= 4 is 49.6 Å². The molecular weight excluding hydrogens is 621 g/mol. The maximum Gasteiger partial charge on any atom is 0.237 e. The van der Waals surface area contributed by atoms with Crippen molar-refractivity contribution in [2.24, 2.45) is 0 Å². The average Bonchev–Trinajstić information content (AvgIpc) is 3.18. The van der Waals surface area contributed by atoms with Crippen molar-refractivity contribution in [2.75, 3.05) is 4.90 Å². The van der Waals surface area contributed by atoms with Crippen LogP contribution in [0.2, 0.25) is 0 Å². The van der Waals surface area contributed by atoms with Gasteiger partial charge in [0.05, 0.1) is 0 Å². The number of anilines is 3. The number of hydrogen-bond acceptors (Lipinski definition) is 4. The number of aryl methyl sites for hydroxylation is 2. The van der Waals surface area contributed by atoms with Crippen molar-refractivity contribution < 1.29 is 0 Å². The summed E-state index contributed by atoms with van der Waals surface area (Å²) in [6.45, 7) is 4.25. The second-order valence-electron chi connectivity index (χ2n) is 13.1. The Kier molecular flexibility index (Phi) is 7.55. The van der Waals surface area contributed by atoms with Crippen LogP contribution in [0.25, 0.3) is 65.7 Å². The van der Waals surface area contributed by atoms with Crippen LogP contribution >= 0.6 is 0 Å². The first kappa shape index (κ1) is 30.4. The predicted octanol–water partition coefficient (Wildman–Crippen LogP) is 12.4. The van der Waals surface area contributed by atoms with Gasteiger partial charge in [-0.1, -0.05) is 127 Å². The molecule has 4 heteroatoms. The molecule has 0 amide bonds. The van der Waals surface area contributed by atoms with Gasteiger partial charge in [0.2, 0.25) is 5.95 Å². The monoisotopic (exact) mass is 654 g/mol. The largest absolute Gasteiger partial charge is 0.279 e. The Bertz CT molecular complexity index is 2670. The van der Waals surface area contributed by atoms with E-state index in [9.17, 15) is 0 Å². The minimum atomic E-state index is 0.571. The third-order valence-corrected chi connectivity index (χ3v) is 9.72. The molecule has 1 heterocycles. The summed E-state index contributed by atoms with van der Waals surface area (Å²) in [6.07, 6.45) is 3.12. The molecule has 1 aromatic heterocycles. The Hall–Kier alpha value is -6.65. The summed E-state index contributed by atoms with van der Waals surface area (Å²) < 4.78 is 0. The number of rotatable bonds is 6. The molecule has 0 aliphatic heterocycles. The van der Waals surface area contributed by atoms with E-state index in [1.807, 2.05) is 0 Å². The normalized spacial score (nSPS) is 11.3. The molecule has 0 saturated carbocycles. The number of aromatic nitrogens is 3. The maximum atomic E-state index is 4.63. The number of fused-ring (bicyclic) bond motifs is 6. The van der Waals surface area contributed by atoms with Gasteiger partial charge >= 0.3 is 0 Å². The predicted molar refractivity (Wildman–Crippen MR) is 213 cm³/mol. The van der Waals surface area contributed by atoms with Gasteiger partial charge in [0.1, 0.15) is 12.7 Å². The van der Waals surface area contributed by atoms with E-state index in [2.05, 4.69) is 191 Å². The fourth-order valence-corrected chi connectivity index (χ4v) is 7.68. The lowest BCUT2D eigenvalue weighted by Gasteiger charge is -2.25. The fraction of sp³-hybridized carbons (Fsp3) is 0.0426. The molecule has 0 aliphatic carbocycles. The Morgan fingerprint density at radius 1 is 0.412 bits per heavy atom. The highest BCUT2D eigenvalue weighted by atomic mass is 15.3. The van der Waals surface area contributed by atoms with E-state index >= 15 is 0 Å². The lowest BCUT2D eigenvalue weighted by atomic mass is 9.81. The molecule has 0 bridgehead atoms. The van der Waals surface area contributed by atoms with Crippen molar-refractivity contribution in [2.45, 2.75) is 13.8 Å². The Morgan fingerprint density at radius 2 is 0.961 bits per heavy atom. The van der Waals surface area contributed by atoms with E-state index in [4.69, 9.17) is 0 Å². The van der Waals surface area contributed by atoms with Crippen LogP contribution in [-0.2, 0) is 0 Å². The molecule has 51 heavy (non-hydrogen) atoms. The van der Waals surface area contributed by atoms with Gasteiger partial charge < -0.3 is 0 Å². The molecule has 4 nitrogen and oxygen atoms in total. The van der Waals surface area contributed by atoms with Crippen LogP contribution in [0.1, 0.15) is 11.1 Å². The van der Waals surface area contributed by atoms with Crippen LogP contribution in [-0.4, -0.2) is 15.0 Å². The summed E-state index contributed by atoms with van der Waals surface area (Å²) in [6, 6.07) is 57.1. The number of benzene rings is 8. The molecule has 9 aromatic rings. The first-order chi connectivity index (χ1) is 25.1. The van der Waals surface area contributed by atoms with Gasteiger partial charge in [-0.25, -0.2) is 15.0 Å². The van der Waals surface area contributed by atoms with Gasteiger partial charge in [-0.3, -0.25) is 4.90 Å². The van der Waals surface area contributed by atoms with Crippen LogP contribution in [0, 0.1) is 13.8 Å². The molecule has 0 atom stereocenters. The minimum absolute atomic E-state index is 0.571. The summed E-state index contributed by atoms with van der Waals surface area (Å²) in [5.74, 6) is 0.571. The van der Waals surface area contributed by atoms with Crippen LogP contribution in [0.15, 0.2) is 170 Å². The Labute approximate surface area is 297 Å². The third-order valence-electron chi connectivity index (χ3n) is 9.72. The van der Waals surface area contributed by atoms with E-state index in [0.717, 1.165) is 11.4 Å². The van der Waals surface area contributed by atoms with Gasteiger partial charge in [0.25, 0.3) is 0 Å². The van der Waals surface area contributed by atoms with Crippen molar-refractivity contribution in [1.29, 1.82) is 0 Å². The molecule has 0 unspecified atom stereocenters. The molecule has 0 spiro atoms. The maximum absolute atomic E-state index is 4.63. The van der Waals surface area contributed by atoms with Crippen molar-refractivity contribution in [3.05, 3.63) is 182 Å². The molecule has 0 fully saturated rings. The van der Waals surface area contributed by atoms with Crippen LogP contribution in [0.3, 0.4) is 0 Å². The summed E-state index contributed by atoms with van der Waals surface area (Å²) in [5.41, 5.74) is 11.5. The lowest BCUT2D eigenvalue weighted by Crippen LogP contribution is -2.13. The zero-order valence-electron chi connectivity index (χ0n) is 28.5. The highest BCUT2D eigenvalue weighted by Crippen LogP contribution is 2.49. The Morgan fingerprint density at radius 3 is 1.61 bits per heavy atom. The summed E-state index contributed by atoms with van der Waals surface area (Å²) in [7, 11) is 0. The average molecular weight is 655 g/mol. The van der Waals surface area contributed by atoms with Crippen LogP contribution in [0.4, 0.5) is 17.3 Å². The smallest absolute Gasteiger partial charge is 0.237 e. The SMILES string of the molecule is Cc1cc(C)cc(N(c2ccc3c(c2)c2ccccc2c2c(-c4ccccc4)cc(-c4ccccc4)c(-c4ccccc4)c32)c2ncncn2)c1. The second-order valence-corrected chi connectivity index (χ2v) is 13.1. The van der Waals surface area contributed by atoms with Crippen LogP contribution in [0.5, 0.6) is 0 Å². The van der Waals surface area contributed by atoms with Gasteiger partial charge in [0, 0.05) is 11.4 Å². The van der Waals surface area contributed by atoms with Gasteiger partial charge in [-0.05, 0) is 121 Å². The lowest BCUT2D eigenvalue weighted by molar-refractivity contribution is 1.01. The van der Waals surface area contributed by atoms with E-state index in [-0.39, 0.29) is 0 Å². The molecule has 0 aliphatic rings. The minimum Gasteiger partial charge on any atom is -0.279 e. The van der Waals surface area contributed by atoms with Gasteiger partial charge in [-0.15, -0.1) is 0 Å². The molecule has 9 rings (SSSR count). The van der Waals surface area contributed by atoms with Crippen molar-refractivity contribution in [3.8, 4) is 33.4 Å². The highest BCUT2D eigenvalue weighted by molar-refractivity contribution is 6.33. The molecule has 0 saturated heterocycles. The van der Waals surface area contributed by atoms with Gasteiger partial charge in [0.15, 0.2) is 0 Å². The highest BCUT2D eigenvalue weighted by Gasteiger charge is 2.23. The van der Waals surface area contributed by atoms with E-state index in [0.29, 0.717) is 5.95 Å². The summed E-state index contributed by atoms with van der Waals surface area (Å²) in [5, 5.41) is 7.25. The molecule has 8 aromatic carbocycles. The van der Waals surface area contributed by atoms with Crippen molar-refractivity contribution in [1.82, 2.24) is 15.0 Å². The molecule has 0 N–H and O–H groups in total. The zero-order chi connectivity index (χ0) is 34.3. The summed E-state index contributed by atoms with van der Waals surface area (Å²) >= 11 is 0. The third kappa shape index (κ3) is 5.38. The fourth-order valence-electron chi connectivity index (χ4n) is 7.68. The zero-order valence-corrected chi connectivity index (χ0v) is 28.5. The topological polar surface area (TPSA) is 41.9 Å². The molecule has 242 valence electrons. The first-order valence-electron chi connectivity index (χ1n) is 17.3. The second kappa shape index (κ2) is 12.7. The molecular formula is C47H34N4. The summed E-state index contributed by atoms with van der Waals surface area (Å²) in [4.78, 5) is 15.5. The van der Waals surface area contributed by atoms with Crippen molar-refractivity contribution in [3.63, 3.8) is 0 Å². The van der Waals surface area contributed by atoms with Crippen LogP contribution < -0.4 is 4.90 Å². The quantitative estimate of drug-likeness (QED) is 0.167. The van der Waals surface area contributed by atoms with E-state index in [1.165, 1.54) is 76.8 Å². The van der Waals surface area contributed by atoms with Gasteiger partial charge in [-0.2, -0.15) is 0 Å². The number of nitrogens with zero attached hydrogens (tertiary/aromatic N) is 4. The standard InChI is InChI=1S/C47H34N4/c1-31-24-32(2)26-37(25-31)51(47-49-29-48-30-50-47)36-22-23-40-43(27-36)38-20-12-13-21-39(38)45-42(34-16-8-4-9-17-34)28-41(33-14-6-3-7-15-33)44(46(40)45)35-18-10-5-11-19-35/h3-30H,1-2H3. The number of hydrogen-bond donors (Lipinski definition) is 0. The van der Waals surface area contributed by atoms with E-state index < -0.39 is 0 Å².